The Morgan fingerprint density at radius 1 is 1.07 bits per heavy atom. The Morgan fingerprint density at radius 2 is 1.76 bits per heavy atom. The number of morpholine rings is 1. The Labute approximate surface area is 170 Å². The summed E-state index contributed by atoms with van der Waals surface area (Å²) in [6.07, 6.45) is 2.98. The lowest BCUT2D eigenvalue weighted by Crippen LogP contribution is -2.45. The number of aliphatic hydroxyl groups is 1. The van der Waals surface area contributed by atoms with Crippen LogP contribution in [-0.2, 0) is 14.3 Å². The molecular weight excluding hydrogens is 370 g/mol. The number of carbonyl (C=O) groups excluding carboxylic acids is 2. The van der Waals surface area contributed by atoms with Crippen molar-refractivity contribution in [2.75, 3.05) is 43.1 Å². The number of nitrogens with zero attached hydrogens (tertiary/aromatic N) is 1. The summed E-state index contributed by atoms with van der Waals surface area (Å²) in [5.74, 6) is -0.932. The van der Waals surface area contributed by atoms with E-state index in [1.807, 2.05) is 42.5 Å². The third-order valence-corrected chi connectivity index (χ3v) is 4.55. The molecule has 0 radical (unpaired) electrons. The highest BCUT2D eigenvalue weighted by molar-refractivity contribution is 6.00. The molecule has 2 aromatic rings. The molecule has 1 saturated heterocycles. The van der Waals surface area contributed by atoms with Crippen molar-refractivity contribution >= 4 is 29.3 Å². The van der Waals surface area contributed by atoms with Gasteiger partial charge in [-0.05, 0) is 35.9 Å². The zero-order chi connectivity index (χ0) is 20.5. The van der Waals surface area contributed by atoms with Crippen molar-refractivity contribution in [3.05, 3.63) is 66.2 Å². The van der Waals surface area contributed by atoms with Crippen LogP contribution in [0, 0.1) is 0 Å². The van der Waals surface area contributed by atoms with Crippen LogP contribution >= 0.6 is 0 Å². The first-order chi connectivity index (χ1) is 14.2. The lowest BCUT2D eigenvalue weighted by Gasteiger charge is -2.29. The fourth-order valence-corrected chi connectivity index (χ4v) is 2.96. The molecule has 0 saturated carbocycles. The normalized spacial score (nSPS) is 15.1. The minimum Gasteiger partial charge on any atom is -0.394 e. The van der Waals surface area contributed by atoms with E-state index in [2.05, 4.69) is 15.5 Å². The van der Waals surface area contributed by atoms with Gasteiger partial charge in [0.05, 0.1) is 19.8 Å². The van der Waals surface area contributed by atoms with E-state index in [9.17, 15) is 14.7 Å². The van der Waals surface area contributed by atoms with Gasteiger partial charge in [0.15, 0.2) is 0 Å². The van der Waals surface area contributed by atoms with Crippen LogP contribution in [0.3, 0.4) is 0 Å². The van der Waals surface area contributed by atoms with Crippen LogP contribution in [0.2, 0.25) is 0 Å². The van der Waals surface area contributed by atoms with Gasteiger partial charge in [-0.25, -0.2) is 0 Å². The quantitative estimate of drug-likeness (QED) is 0.620. The van der Waals surface area contributed by atoms with Crippen molar-refractivity contribution in [2.24, 2.45) is 0 Å². The Hall–Kier alpha value is -3.16. The number of ether oxygens (including phenoxy) is 1. The molecule has 1 aliphatic heterocycles. The van der Waals surface area contributed by atoms with Gasteiger partial charge in [0.2, 0.25) is 11.8 Å². The van der Waals surface area contributed by atoms with Crippen molar-refractivity contribution in [1.29, 1.82) is 0 Å². The van der Waals surface area contributed by atoms with Crippen LogP contribution in [-0.4, -0.2) is 55.9 Å². The number of aliphatic hydroxyl groups excluding tert-OH is 1. The molecule has 2 aromatic carbocycles. The number of anilines is 2. The SMILES string of the molecule is O=C(C=Cc1ccccc1)NC(CO)C(=O)Nc1ccc(N2CCOCC2)cc1. The van der Waals surface area contributed by atoms with Gasteiger partial charge in [0.1, 0.15) is 6.04 Å². The molecule has 3 rings (SSSR count). The van der Waals surface area contributed by atoms with E-state index in [4.69, 9.17) is 4.74 Å². The second kappa shape index (κ2) is 10.4. The van der Waals surface area contributed by atoms with Gasteiger partial charge in [-0.1, -0.05) is 30.3 Å². The van der Waals surface area contributed by atoms with Crippen LogP contribution in [0.1, 0.15) is 5.56 Å². The van der Waals surface area contributed by atoms with Gasteiger partial charge >= 0.3 is 0 Å². The Bertz CT molecular complexity index is 831. The van der Waals surface area contributed by atoms with Gasteiger partial charge in [-0.3, -0.25) is 9.59 Å². The summed E-state index contributed by atoms with van der Waals surface area (Å²) < 4.78 is 5.35. The molecule has 1 atom stereocenters. The fraction of sp³-hybridized carbons (Fsp3) is 0.273. The minimum absolute atomic E-state index is 0.453. The van der Waals surface area contributed by atoms with E-state index >= 15 is 0 Å². The number of hydrogen-bond donors (Lipinski definition) is 3. The summed E-state index contributed by atoms with van der Waals surface area (Å²) in [6, 6.07) is 15.8. The van der Waals surface area contributed by atoms with E-state index in [-0.39, 0.29) is 0 Å². The first-order valence-corrected chi connectivity index (χ1v) is 9.54. The highest BCUT2D eigenvalue weighted by Gasteiger charge is 2.19. The van der Waals surface area contributed by atoms with Crippen molar-refractivity contribution in [1.82, 2.24) is 5.32 Å². The van der Waals surface area contributed by atoms with Crippen LogP contribution in [0.4, 0.5) is 11.4 Å². The molecule has 0 aliphatic carbocycles. The van der Waals surface area contributed by atoms with Gasteiger partial charge in [0.25, 0.3) is 0 Å². The number of rotatable bonds is 7. The molecule has 29 heavy (non-hydrogen) atoms. The monoisotopic (exact) mass is 395 g/mol. The molecule has 152 valence electrons. The van der Waals surface area contributed by atoms with Crippen LogP contribution in [0.25, 0.3) is 6.08 Å². The second-order valence-corrected chi connectivity index (χ2v) is 6.62. The summed E-state index contributed by atoms with van der Waals surface area (Å²) in [4.78, 5) is 26.7. The highest BCUT2D eigenvalue weighted by atomic mass is 16.5. The maximum Gasteiger partial charge on any atom is 0.249 e. The van der Waals surface area contributed by atoms with E-state index in [1.54, 1.807) is 18.2 Å². The van der Waals surface area contributed by atoms with E-state index in [1.165, 1.54) is 6.08 Å². The van der Waals surface area contributed by atoms with Crippen molar-refractivity contribution in [3.63, 3.8) is 0 Å². The average molecular weight is 395 g/mol. The lowest BCUT2D eigenvalue weighted by molar-refractivity contribution is -0.124. The first kappa shape index (κ1) is 20.6. The average Bonchev–Trinajstić information content (AvgIpc) is 2.78. The number of amides is 2. The first-order valence-electron chi connectivity index (χ1n) is 9.54. The topological polar surface area (TPSA) is 90.9 Å². The summed E-state index contributed by atoms with van der Waals surface area (Å²) in [7, 11) is 0. The third kappa shape index (κ3) is 6.17. The summed E-state index contributed by atoms with van der Waals surface area (Å²) in [5.41, 5.74) is 2.52. The number of carbonyl (C=O) groups is 2. The molecule has 1 aliphatic rings. The summed E-state index contributed by atoms with van der Waals surface area (Å²) in [6.45, 7) is 2.58. The Balaban J connectivity index is 1.53. The third-order valence-electron chi connectivity index (χ3n) is 4.55. The number of nitrogens with one attached hydrogen (secondary N) is 2. The van der Waals surface area contributed by atoms with Gasteiger partial charge in [-0.2, -0.15) is 0 Å². The lowest BCUT2D eigenvalue weighted by atomic mass is 10.2. The molecular formula is C22H25N3O4. The van der Waals surface area contributed by atoms with E-state index in [0.29, 0.717) is 18.9 Å². The molecule has 1 heterocycles. The molecule has 2 amide bonds. The van der Waals surface area contributed by atoms with Gasteiger partial charge in [-0.15, -0.1) is 0 Å². The Morgan fingerprint density at radius 3 is 2.41 bits per heavy atom. The molecule has 3 N–H and O–H groups in total. The number of hydrogen-bond acceptors (Lipinski definition) is 5. The second-order valence-electron chi connectivity index (χ2n) is 6.62. The predicted molar refractivity (Wildman–Crippen MR) is 113 cm³/mol. The van der Waals surface area contributed by atoms with Crippen molar-refractivity contribution < 1.29 is 19.4 Å². The van der Waals surface area contributed by atoms with Gasteiger partial charge in [0, 0.05) is 30.5 Å². The molecule has 0 bridgehead atoms. The fourth-order valence-electron chi connectivity index (χ4n) is 2.96. The molecule has 7 nitrogen and oxygen atoms in total. The zero-order valence-corrected chi connectivity index (χ0v) is 16.1. The smallest absolute Gasteiger partial charge is 0.249 e. The van der Waals surface area contributed by atoms with Crippen molar-refractivity contribution in [3.8, 4) is 0 Å². The van der Waals surface area contributed by atoms with Crippen molar-refractivity contribution in [2.45, 2.75) is 6.04 Å². The van der Waals surface area contributed by atoms with Gasteiger partial charge < -0.3 is 25.4 Å². The van der Waals surface area contributed by atoms with E-state index < -0.39 is 24.5 Å². The van der Waals surface area contributed by atoms with Crippen LogP contribution < -0.4 is 15.5 Å². The zero-order valence-electron chi connectivity index (χ0n) is 16.1. The van der Waals surface area contributed by atoms with Crippen LogP contribution in [0.5, 0.6) is 0 Å². The standard InChI is InChI=1S/C22H25N3O4/c26-16-20(24-21(27)11-6-17-4-2-1-3-5-17)22(28)23-18-7-9-19(10-8-18)25-12-14-29-15-13-25/h1-11,20,26H,12-16H2,(H,23,28)(H,24,27). The Kier molecular flexibility index (Phi) is 7.38. The summed E-state index contributed by atoms with van der Waals surface area (Å²) >= 11 is 0. The summed E-state index contributed by atoms with van der Waals surface area (Å²) in [5, 5.41) is 14.7. The molecule has 0 aromatic heterocycles. The maximum atomic E-state index is 12.4. The molecule has 1 fully saturated rings. The minimum atomic E-state index is -1.04. The number of benzene rings is 2. The molecule has 1 unspecified atom stereocenters. The van der Waals surface area contributed by atoms with Crippen LogP contribution in [0.15, 0.2) is 60.7 Å². The maximum absolute atomic E-state index is 12.4. The van der Waals surface area contributed by atoms with E-state index in [0.717, 1.165) is 24.3 Å². The largest absolute Gasteiger partial charge is 0.394 e. The highest BCUT2D eigenvalue weighted by Crippen LogP contribution is 2.19. The predicted octanol–water partition coefficient (Wildman–Crippen LogP) is 1.65. The molecule has 7 heteroatoms. The molecule has 0 spiro atoms.